The maximum atomic E-state index is 11.2. The first-order valence-corrected chi connectivity index (χ1v) is 4.58. The third-order valence-electron chi connectivity index (χ3n) is 1.94. The van der Waals surface area contributed by atoms with E-state index in [4.69, 9.17) is 11.0 Å². The Morgan fingerprint density at radius 3 is 2.85 bits per heavy atom. The average Bonchev–Trinajstić information content (AvgIpc) is 2.14. The molecule has 0 radical (unpaired) electrons. The smallest absolute Gasteiger partial charge is 0.220 e. The van der Waals surface area contributed by atoms with Gasteiger partial charge in [-0.3, -0.25) is 4.79 Å². The monoisotopic (exact) mass is 183 g/mol. The molecule has 0 spiro atoms. The zero-order valence-electron chi connectivity index (χ0n) is 8.05. The van der Waals surface area contributed by atoms with E-state index in [0.29, 0.717) is 25.9 Å². The van der Waals surface area contributed by atoms with Crippen LogP contribution in [0.5, 0.6) is 0 Å². The Kier molecular flexibility index (Phi) is 6.93. The highest BCUT2D eigenvalue weighted by Crippen LogP contribution is 2.04. The molecule has 0 aliphatic carbocycles. The predicted octanol–water partition coefficient (Wildman–Crippen LogP) is 0.391. The first-order chi connectivity index (χ1) is 6.24. The van der Waals surface area contributed by atoms with Gasteiger partial charge in [-0.1, -0.05) is 13.3 Å². The second-order valence-electron chi connectivity index (χ2n) is 2.97. The van der Waals surface area contributed by atoms with Crippen molar-refractivity contribution >= 4 is 5.91 Å². The Bertz CT molecular complexity index is 182. The van der Waals surface area contributed by atoms with Gasteiger partial charge in [0.25, 0.3) is 0 Å². The second kappa shape index (κ2) is 7.56. The summed E-state index contributed by atoms with van der Waals surface area (Å²) in [6.45, 7) is 3.00. The van der Waals surface area contributed by atoms with E-state index < -0.39 is 0 Å². The molecule has 0 aromatic heterocycles. The van der Waals surface area contributed by atoms with Crippen molar-refractivity contribution in [1.82, 2.24) is 5.32 Å². The van der Waals surface area contributed by atoms with Crippen molar-refractivity contribution in [2.24, 2.45) is 11.7 Å². The number of nitrogens with one attached hydrogen (secondary N) is 1. The van der Waals surface area contributed by atoms with Gasteiger partial charge in [0, 0.05) is 13.0 Å². The first kappa shape index (κ1) is 11.9. The molecular weight excluding hydrogens is 166 g/mol. The summed E-state index contributed by atoms with van der Waals surface area (Å²) in [7, 11) is 0. The van der Waals surface area contributed by atoms with Gasteiger partial charge in [0.2, 0.25) is 5.91 Å². The van der Waals surface area contributed by atoms with Gasteiger partial charge in [0.05, 0.1) is 12.5 Å². The maximum absolute atomic E-state index is 11.2. The number of nitriles is 1. The lowest BCUT2D eigenvalue weighted by Crippen LogP contribution is -2.28. The fraction of sp³-hybridized carbons (Fsp3) is 0.778. The molecule has 0 saturated carbocycles. The molecule has 0 aromatic rings. The minimum absolute atomic E-state index is 0.00690. The van der Waals surface area contributed by atoms with E-state index in [0.717, 1.165) is 6.42 Å². The Morgan fingerprint density at radius 1 is 1.69 bits per heavy atom. The molecule has 1 atom stereocenters. The molecule has 0 saturated heterocycles. The number of nitrogens with zero attached hydrogens (tertiary/aromatic N) is 1. The molecule has 0 bridgehead atoms. The van der Waals surface area contributed by atoms with Crippen LogP contribution in [0.1, 0.15) is 26.2 Å². The van der Waals surface area contributed by atoms with Crippen LogP contribution in [0, 0.1) is 17.2 Å². The van der Waals surface area contributed by atoms with Crippen molar-refractivity contribution in [2.75, 3.05) is 13.1 Å². The summed E-state index contributed by atoms with van der Waals surface area (Å²) in [5.74, 6) is 0.259. The molecule has 4 nitrogen and oxygen atoms in total. The topological polar surface area (TPSA) is 78.9 Å². The van der Waals surface area contributed by atoms with E-state index in [1.807, 2.05) is 13.0 Å². The summed E-state index contributed by atoms with van der Waals surface area (Å²) in [5.41, 5.74) is 5.45. The minimum atomic E-state index is -0.00690. The highest BCUT2D eigenvalue weighted by molar-refractivity contribution is 5.76. The number of hydrogen-bond acceptors (Lipinski definition) is 3. The van der Waals surface area contributed by atoms with Gasteiger partial charge in [0.1, 0.15) is 0 Å². The van der Waals surface area contributed by atoms with Gasteiger partial charge < -0.3 is 11.1 Å². The van der Waals surface area contributed by atoms with E-state index in [9.17, 15) is 4.79 Å². The van der Waals surface area contributed by atoms with Crippen molar-refractivity contribution in [2.45, 2.75) is 26.2 Å². The molecule has 0 heterocycles. The fourth-order valence-electron chi connectivity index (χ4n) is 0.987. The molecule has 0 fully saturated rings. The minimum Gasteiger partial charge on any atom is -0.355 e. The molecule has 4 heteroatoms. The van der Waals surface area contributed by atoms with Gasteiger partial charge in [-0.05, 0) is 12.5 Å². The van der Waals surface area contributed by atoms with Crippen LogP contribution in [0.3, 0.4) is 0 Å². The van der Waals surface area contributed by atoms with Crippen molar-refractivity contribution in [3.05, 3.63) is 0 Å². The number of carbonyl (C=O) groups is 1. The van der Waals surface area contributed by atoms with Crippen LogP contribution < -0.4 is 11.1 Å². The van der Waals surface area contributed by atoms with Crippen LogP contribution >= 0.6 is 0 Å². The van der Waals surface area contributed by atoms with E-state index >= 15 is 0 Å². The number of rotatable bonds is 6. The first-order valence-electron chi connectivity index (χ1n) is 4.58. The van der Waals surface area contributed by atoms with E-state index in [2.05, 4.69) is 5.32 Å². The molecular formula is C9H17N3O. The van der Waals surface area contributed by atoms with E-state index in [1.165, 1.54) is 0 Å². The zero-order valence-corrected chi connectivity index (χ0v) is 8.05. The summed E-state index contributed by atoms with van der Waals surface area (Å²) < 4.78 is 0. The van der Waals surface area contributed by atoms with Crippen LogP contribution in [0.25, 0.3) is 0 Å². The Labute approximate surface area is 79.1 Å². The Balaban J connectivity index is 3.55. The third kappa shape index (κ3) is 6.12. The molecule has 1 unspecified atom stereocenters. The maximum Gasteiger partial charge on any atom is 0.220 e. The van der Waals surface area contributed by atoms with Crippen molar-refractivity contribution < 1.29 is 4.79 Å². The predicted molar refractivity (Wildman–Crippen MR) is 50.7 cm³/mol. The fourth-order valence-corrected chi connectivity index (χ4v) is 0.987. The zero-order chi connectivity index (χ0) is 10.1. The number of nitrogens with two attached hydrogens (primary N) is 1. The standard InChI is InChI=1S/C9H17N3O/c1-2-8(7-11)6-9(13)12-5-3-4-10/h8H,2-3,5-7,11H2,1H3,(H,12,13). The van der Waals surface area contributed by atoms with Crippen LogP contribution in [-0.2, 0) is 4.79 Å². The largest absolute Gasteiger partial charge is 0.355 e. The van der Waals surface area contributed by atoms with Crippen LogP contribution in [-0.4, -0.2) is 19.0 Å². The quantitative estimate of drug-likeness (QED) is 0.585. The molecule has 3 N–H and O–H groups in total. The lowest BCUT2D eigenvalue weighted by Gasteiger charge is -2.10. The molecule has 0 aliphatic rings. The van der Waals surface area contributed by atoms with Crippen LogP contribution in [0.4, 0.5) is 0 Å². The molecule has 0 aliphatic heterocycles. The summed E-state index contributed by atoms with van der Waals surface area (Å²) in [5, 5.41) is 10.9. The number of amides is 1. The van der Waals surface area contributed by atoms with Crippen LogP contribution in [0.15, 0.2) is 0 Å². The Hall–Kier alpha value is -1.08. The second-order valence-corrected chi connectivity index (χ2v) is 2.97. The number of carbonyl (C=O) groups excluding carboxylic acids is 1. The summed E-state index contributed by atoms with van der Waals surface area (Å²) >= 11 is 0. The average molecular weight is 183 g/mol. The lowest BCUT2D eigenvalue weighted by molar-refractivity contribution is -0.121. The highest BCUT2D eigenvalue weighted by Gasteiger charge is 2.09. The van der Waals surface area contributed by atoms with Gasteiger partial charge in [-0.25, -0.2) is 0 Å². The molecule has 0 rings (SSSR count). The normalized spacial score (nSPS) is 11.8. The van der Waals surface area contributed by atoms with Gasteiger partial charge in [-0.2, -0.15) is 5.26 Å². The summed E-state index contributed by atoms with van der Waals surface area (Å²) in [6.07, 6.45) is 1.76. The molecule has 13 heavy (non-hydrogen) atoms. The Morgan fingerprint density at radius 2 is 2.38 bits per heavy atom. The molecule has 74 valence electrons. The van der Waals surface area contributed by atoms with E-state index in [1.54, 1.807) is 0 Å². The molecule has 0 aromatic carbocycles. The summed E-state index contributed by atoms with van der Waals surface area (Å²) in [4.78, 5) is 11.2. The van der Waals surface area contributed by atoms with Crippen molar-refractivity contribution in [3.63, 3.8) is 0 Å². The van der Waals surface area contributed by atoms with Crippen molar-refractivity contribution in [1.29, 1.82) is 5.26 Å². The summed E-state index contributed by atoms with van der Waals surface area (Å²) in [6, 6.07) is 1.96. The van der Waals surface area contributed by atoms with Gasteiger partial charge in [-0.15, -0.1) is 0 Å². The van der Waals surface area contributed by atoms with E-state index in [-0.39, 0.29) is 11.8 Å². The van der Waals surface area contributed by atoms with Crippen molar-refractivity contribution in [3.8, 4) is 6.07 Å². The molecule has 1 amide bonds. The third-order valence-corrected chi connectivity index (χ3v) is 1.94. The van der Waals surface area contributed by atoms with Crippen LogP contribution in [0.2, 0.25) is 0 Å². The highest BCUT2D eigenvalue weighted by atomic mass is 16.1. The lowest BCUT2D eigenvalue weighted by atomic mass is 10.0. The van der Waals surface area contributed by atoms with Gasteiger partial charge in [0.15, 0.2) is 0 Å². The van der Waals surface area contributed by atoms with Gasteiger partial charge >= 0.3 is 0 Å². The SMILES string of the molecule is CCC(CN)CC(=O)NCCC#N. The number of hydrogen-bond donors (Lipinski definition) is 2.